The maximum absolute atomic E-state index is 13.3. The van der Waals surface area contributed by atoms with Gasteiger partial charge in [0.15, 0.2) is 11.6 Å². The first-order valence-corrected chi connectivity index (χ1v) is 10.7. The molecule has 0 aromatic carbocycles. The standard InChI is InChI=1S/C17H29O9P/c1-7-22-14(18)11(15(19)23-8-2)12-13(16(20)26-17(12,5)6)27(21,24-9-3)25-10-4/h11-13H,7-10H2,1-6H3/t12-,13-/m1/s1. The Morgan fingerprint density at radius 2 is 1.44 bits per heavy atom. The minimum absolute atomic E-state index is 0.0116. The molecule has 0 spiro atoms. The number of hydrogen-bond acceptors (Lipinski definition) is 9. The molecule has 2 atom stereocenters. The Balaban J connectivity index is 3.51. The minimum Gasteiger partial charge on any atom is -0.465 e. The summed E-state index contributed by atoms with van der Waals surface area (Å²) >= 11 is 0. The van der Waals surface area contributed by atoms with Crippen LogP contribution in [0.5, 0.6) is 0 Å². The Labute approximate surface area is 159 Å². The van der Waals surface area contributed by atoms with Gasteiger partial charge in [0.1, 0.15) is 5.60 Å². The average Bonchev–Trinajstić information content (AvgIpc) is 2.78. The van der Waals surface area contributed by atoms with Crippen LogP contribution in [0, 0.1) is 11.8 Å². The van der Waals surface area contributed by atoms with E-state index in [1.807, 2.05) is 0 Å². The first-order valence-electron chi connectivity index (χ1n) is 9.04. The highest BCUT2D eigenvalue weighted by molar-refractivity contribution is 7.55. The van der Waals surface area contributed by atoms with Crippen LogP contribution in [0.25, 0.3) is 0 Å². The van der Waals surface area contributed by atoms with E-state index in [2.05, 4.69) is 0 Å². The van der Waals surface area contributed by atoms with Gasteiger partial charge < -0.3 is 23.3 Å². The quantitative estimate of drug-likeness (QED) is 0.232. The molecule has 0 amide bonds. The lowest BCUT2D eigenvalue weighted by Gasteiger charge is -2.33. The van der Waals surface area contributed by atoms with Gasteiger partial charge in [-0.2, -0.15) is 0 Å². The molecule has 0 N–H and O–H groups in total. The van der Waals surface area contributed by atoms with Gasteiger partial charge in [-0.3, -0.25) is 18.9 Å². The summed E-state index contributed by atoms with van der Waals surface area (Å²) < 4.78 is 39.3. The number of hydrogen-bond donors (Lipinski definition) is 0. The molecule has 156 valence electrons. The van der Waals surface area contributed by atoms with Crippen LogP contribution in [0.2, 0.25) is 0 Å². The second-order valence-corrected chi connectivity index (χ2v) is 8.50. The maximum Gasteiger partial charge on any atom is 0.345 e. The predicted octanol–water partition coefficient (Wildman–Crippen LogP) is 2.32. The van der Waals surface area contributed by atoms with E-state index in [1.54, 1.807) is 27.7 Å². The summed E-state index contributed by atoms with van der Waals surface area (Å²) in [4.78, 5) is 37.7. The van der Waals surface area contributed by atoms with E-state index in [9.17, 15) is 18.9 Å². The Morgan fingerprint density at radius 3 is 1.81 bits per heavy atom. The van der Waals surface area contributed by atoms with Gasteiger partial charge in [-0.15, -0.1) is 0 Å². The largest absolute Gasteiger partial charge is 0.465 e. The number of ether oxygens (including phenoxy) is 3. The Kier molecular flexibility index (Phi) is 8.45. The zero-order valence-electron chi connectivity index (χ0n) is 16.7. The highest BCUT2D eigenvalue weighted by Crippen LogP contribution is 2.61. The third-order valence-electron chi connectivity index (χ3n) is 4.15. The van der Waals surface area contributed by atoms with Gasteiger partial charge in [0.05, 0.1) is 26.4 Å². The zero-order chi connectivity index (χ0) is 20.8. The molecule has 1 aliphatic heterocycles. The van der Waals surface area contributed by atoms with Crippen molar-refractivity contribution in [3.63, 3.8) is 0 Å². The summed E-state index contributed by atoms with van der Waals surface area (Å²) in [5.74, 6) is -5.26. The molecule has 0 aliphatic carbocycles. The molecule has 0 saturated carbocycles. The van der Waals surface area contributed by atoms with Crippen LogP contribution in [-0.4, -0.2) is 55.6 Å². The lowest BCUT2D eigenvalue weighted by Crippen LogP contribution is -2.46. The highest BCUT2D eigenvalue weighted by Gasteiger charge is 2.65. The molecule has 0 aromatic rings. The van der Waals surface area contributed by atoms with Gasteiger partial charge in [0, 0.05) is 5.92 Å². The monoisotopic (exact) mass is 408 g/mol. The smallest absolute Gasteiger partial charge is 0.345 e. The summed E-state index contributed by atoms with van der Waals surface area (Å²) in [5.41, 5.74) is -2.75. The van der Waals surface area contributed by atoms with Gasteiger partial charge in [-0.25, -0.2) is 0 Å². The van der Waals surface area contributed by atoms with Gasteiger partial charge in [0.25, 0.3) is 0 Å². The Bertz CT molecular complexity index is 573. The van der Waals surface area contributed by atoms with Crippen molar-refractivity contribution < 1.29 is 42.2 Å². The van der Waals surface area contributed by atoms with Crippen LogP contribution in [-0.2, 0) is 42.2 Å². The van der Waals surface area contributed by atoms with Crippen LogP contribution in [0.3, 0.4) is 0 Å². The van der Waals surface area contributed by atoms with Gasteiger partial charge in [-0.05, 0) is 41.5 Å². The van der Waals surface area contributed by atoms with Gasteiger partial charge in [0.2, 0.25) is 0 Å². The molecule has 0 aromatic heterocycles. The van der Waals surface area contributed by atoms with E-state index in [1.165, 1.54) is 13.8 Å². The van der Waals surface area contributed by atoms with Crippen LogP contribution >= 0.6 is 7.60 Å². The number of carbonyl (C=O) groups is 3. The zero-order valence-corrected chi connectivity index (χ0v) is 17.6. The fourth-order valence-electron chi connectivity index (χ4n) is 3.24. The SMILES string of the molecule is CCOC(=O)C(C(=O)OCC)[C@@H]1[C@@H](P(=O)(OCC)OCC)C(=O)OC1(C)C. The molecule has 0 radical (unpaired) electrons. The van der Waals surface area contributed by atoms with Crippen molar-refractivity contribution in [2.75, 3.05) is 26.4 Å². The van der Waals surface area contributed by atoms with Crippen LogP contribution in [0.15, 0.2) is 0 Å². The van der Waals surface area contributed by atoms with E-state index in [-0.39, 0.29) is 26.4 Å². The summed E-state index contributed by atoms with van der Waals surface area (Å²) in [6.45, 7) is 9.50. The van der Waals surface area contributed by atoms with Crippen molar-refractivity contribution in [3.05, 3.63) is 0 Å². The van der Waals surface area contributed by atoms with E-state index in [0.717, 1.165) is 0 Å². The molecule has 1 fully saturated rings. The van der Waals surface area contributed by atoms with Crippen molar-refractivity contribution in [2.45, 2.75) is 52.8 Å². The third-order valence-corrected chi connectivity index (χ3v) is 6.60. The summed E-state index contributed by atoms with van der Waals surface area (Å²) in [7, 11) is -4.02. The number of carbonyl (C=O) groups excluding carboxylic acids is 3. The summed E-state index contributed by atoms with van der Waals surface area (Å²) in [5, 5.41) is 0. The van der Waals surface area contributed by atoms with Crippen LogP contribution in [0.4, 0.5) is 0 Å². The molecule has 1 saturated heterocycles. The van der Waals surface area contributed by atoms with E-state index < -0.39 is 48.6 Å². The predicted molar refractivity (Wildman–Crippen MR) is 95.1 cm³/mol. The molecule has 0 unspecified atom stereocenters. The Hall–Kier alpha value is -1.44. The fourth-order valence-corrected chi connectivity index (χ4v) is 5.59. The first kappa shape index (κ1) is 23.6. The molecular weight excluding hydrogens is 379 g/mol. The van der Waals surface area contributed by atoms with Gasteiger partial charge in [-0.1, -0.05) is 0 Å². The van der Waals surface area contributed by atoms with E-state index >= 15 is 0 Å². The molecule has 1 heterocycles. The molecule has 1 rings (SSSR count). The molecule has 9 nitrogen and oxygen atoms in total. The van der Waals surface area contributed by atoms with Crippen LogP contribution in [0.1, 0.15) is 41.5 Å². The molecule has 10 heteroatoms. The number of rotatable bonds is 10. The van der Waals surface area contributed by atoms with Crippen LogP contribution < -0.4 is 0 Å². The van der Waals surface area contributed by atoms with Crippen molar-refractivity contribution in [3.8, 4) is 0 Å². The van der Waals surface area contributed by atoms with Crippen molar-refractivity contribution in [2.24, 2.45) is 11.8 Å². The molecule has 27 heavy (non-hydrogen) atoms. The molecule has 0 bridgehead atoms. The van der Waals surface area contributed by atoms with Crippen molar-refractivity contribution in [1.29, 1.82) is 0 Å². The van der Waals surface area contributed by atoms with Gasteiger partial charge >= 0.3 is 25.5 Å². The van der Waals surface area contributed by atoms with Crippen molar-refractivity contribution in [1.82, 2.24) is 0 Å². The molecule has 1 aliphatic rings. The normalized spacial score (nSPS) is 21.8. The second kappa shape index (κ2) is 9.66. The number of esters is 3. The van der Waals surface area contributed by atoms with Crippen molar-refractivity contribution >= 4 is 25.5 Å². The summed E-state index contributed by atoms with van der Waals surface area (Å²) in [6.07, 6.45) is 0. The lowest BCUT2D eigenvalue weighted by atomic mass is 9.79. The second-order valence-electron chi connectivity index (χ2n) is 6.35. The maximum atomic E-state index is 13.3. The topological polar surface area (TPSA) is 114 Å². The highest BCUT2D eigenvalue weighted by atomic mass is 31.2. The first-order chi connectivity index (χ1) is 12.6. The average molecular weight is 408 g/mol. The number of cyclic esters (lactones) is 1. The Morgan fingerprint density at radius 1 is 1.00 bits per heavy atom. The third kappa shape index (κ3) is 5.09. The molecular formula is C17H29O9P. The lowest BCUT2D eigenvalue weighted by molar-refractivity contribution is -0.168. The minimum atomic E-state index is -4.02. The van der Waals surface area contributed by atoms with E-state index in [0.29, 0.717) is 0 Å². The summed E-state index contributed by atoms with van der Waals surface area (Å²) in [6, 6.07) is 0. The fraction of sp³-hybridized carbons (Fsp3) is 0.824. The van der Waals surface area contributed by atoms with E-state index in [4.69, 9.17) is 23.3 Å².